The molecular weight excluding hydrogens is 218 g/mol. The van der Waals surface area contributed by atoms with Crippen molar-refractivity contribution in [1.29, 1.82) is 0 Å². The number of hydrogen-bond donors (Lipinski definition) is 2. The van der Waals surface area contributed by atoms with Gasteiger partial charge in [-0.1, -0.05) is 0 Å². The Morgan fingerprint density at radius 2 is 2.40 bits per heavy atom. The van der Waals surface area contributed by atoms with Gasteiger partial charge in [-0.25, -0.2) is 0 Å². The summed E-state index contributed by atoms with van der Waals surface area (Å²) >= 11 is 1.35. The van der Waals surface area contributed by atoms with Crippen LogP contribution in [0.15, 0.2) is 16.5 Å². The first-order valence-corrected chi connectivity index (χ1v) is 5.39. The fourth-order valence-corrected chi connectivity index (χ4v) is 1.76. The Bertz CT molecular complexity index is 350. The zero-order valence-corrected chi connectivity index (χ0v) is 8.70. The summed E-state index contributed by atoms with van der Waals surface area (Å²) in [5.41, 5.74) is 5.30. The number of aldehydes is 1. The molecule has 1 aromatic rings. The summed E-state index contributed by atoms with van der Waals surface area (Å²) in [6, 6.07) is 2.39. The maximum absolute atomic E-state index is 10.4. The molecule has 3 N–H and O–H groups in total. The number of furan rings is 1. The lowest BCUT2D eigenvalue weighted by molar-refractivity contribution is -0.137. The van der Waals surface area contributed by atoms with Crippen LogP contribution in [-0.2, 0) is 10.5 Å². The van der Waals surface area contributed by atoms with Crippen LogP contribution >= 0.6 is 11.8 Å². The van der Waals surface area contributed by atoms with E-state index >= 15 is 0 Å². The third kappa shape index (κ3) is 3.77. The van der Waals surface area contributed by atoms with Crippen LogP contribution in [0.3, 0.4) is 0 Å². The van der Waals surface area contributed by atoms with Gasteiger partial charge in [-0.05, 0) is 12.1 Å². The number of thioether (sulfide) groups is 1. The zero-order valence-electron chi connectivity index (χ0n) is 7.88. The maximum atomic E-state index is 10.4. The van der Waals surface area contributed by atoms with Crippen LogP contribution in [0.1, 0.15) is 16.3 Å². The van der Waals surface area contributed by atoms with E-state index in [1.54, 1.807) is 12.1 Å². The smallest absolute Gasteiger partial charge is 0.321 e. The molecule has 5 nitrogen and oxygen atoms in total. The molecule has 0 saturated carbocycles. The van der Waals surface area contributed by atoms with E-state index in [0.717, 1.165) is 0 Å². The molecule has 6 heteroatoms. The van der Waals surface area contributed by atoms with Crippen molar-refractivity contribution < 1.29 is 19.1 Å². The van der Waals surface area contributed by atoms with Gasteiger partial charge in [0.15, 0.2) is 12.0 Å². The van der Waals surface area contributed by atoms with E-state index in [1.807, 2.05) is 0 Å². The predicted molar refractivity (Wildman–Crippen MR) is 55.9 cm³/mol. The first kappa shape index (κ1) is 11.8. The third-order valence-corrected chi connectivity index (χ3v) is 2.74. The molecule has 0 spiro atoms. The van der Waals surface area contributed by atoms with E-state index in [4.69, 9.17) is 15.3 Å². The third-order valence-electron chi connectivity index (χ3n) is 1.66. The van der Waals surface area contributed by atoms with Crippen LogP contribution in [0.4, 0.5) is 0 Å². The molecule has 1 heterocycles. The van der Waals surface area contributed by atoms with Gasteiger partial charge in [0.1, 0.15) is 11.8 Å². The first-order valence-electron chi connectivity index (χ1n) is 4.23. The minimum absolute atomic E-state index is 0.271. The summed E-state index contributed by atoms with van der Waals surface area (Å²) in [6.07, 6.45) is 0.622. The number of carbonyl (C=O) groups is 2. The number of rotatable bonds is 6. The Labute approximate surface area is 90.6 Å². The molecule has 0 amide bonds. The van der Waals surface area contributed by atoms with E-state index in [0.29, 0.717) is 23.6 Å². The number of carbonyl (C=O) groups excluding carboxylic acids is 1. The molecule has 0 fully saturated rings. The van der Waals surface area contributed by atoms with Gasteiger partial charge in [-0.3, -0.25) is 9.59 Å². The molecule has 82 valence electrons. The molecule has 0 radical (unpaired) electrons. The lowest BCUT2D eigenvalue weighted by Gasteiger charge is -2.03. The highest BCUT2D eigenvalue weighted by Crippen LogP contribution is 2.15. The monoisotopic (exact) mass is 229 g/mol. The highest BCUT2D eigenvalue weighted by molar-refractivity contribution is 7.98. The summed E-state index contributed by atoms with van der Waals surface area (Å²) < 4.78 is 5.10. The largest absolute Gasteiger partial charge is 0.480 e. The van der Waals surface area contributed by atoms with E-state index in [1.165, 1.54) is 11.8 Å². The number of aliphatic carboxylic acids is 1. The second-order valence-electron chi connectivity index (χ2n) is 2.88. The average Bonchev–Trinajstić information content (AvgIpc) is 2.65. The van der Waals surface area contributed by atoms with Crippen molar-refractivity contribution in [3.63, 3.8) is 0 Å². The van der Waals surface area contributed by atoms with Gasteiger partial charge in [-0.2, -0.15) is 11.8 Å². The Hall–Kier alpha value is -1.27. The van der Waals surface area contributed by atoms with Gasteiger partial charge >= 0.3 is 5.97 Å². The minimum atomic E-state index is -1.02. The van der Waals surface area contributed by atoms with Gasteiger partial charge in [0.05, 0.1) is 5.75 Å². The van der Waals surface area contributed by atoms with Crippen molar-refractivity contribution in [2.75, 3.05) is 5.75 Å². The number of hydrogen-bond acceptors (Lipinski definition) is 5. The summed E-state index contributed by atoms with van der Waals surface area (Å²) in [6.45, 7) is 0. The average molecular weight is 229 g/mol. The van der Waals surface area contributed by atoms with Crippen LogP contribution in [0.2, 0.25) is 0 Å². The van der Waals surface area contributed by atoms with Gasteiger partial charge in [0.2, 0.25) is 0 Å². The van der Waals surface area contributed by atoms with Gasteiger partial charge in [0.25, 0.3) is 0 Å². The molecule has 1 atom stereocenters. The summed E-state index contributed by atoms with van der Waals surface area (Å²) in [4.78, 5) is 20.7. The fourth-order valence-electron chi connectivity index (χ4n) is 0.893. The number of carboxylic acid groups (broad SMARTS) is 1. The standard InChI is InChI=1S/C9H11NO4S/c10-8(9(12)13)5-15-4-7-2-1-6(3-11)14-7/h1-3,8H,4-5,10H2,(H,12,13). The van der Waals surface area contributed by atoms with Gasteiger partial charge in [-0.15, -0.1) is 0 Å². The molecule has 0 aliphatic heterocycles. The highest BCUT2D eigenvalue weighted by atomic mass is 32.2. The van der Waals surface area contributed by atoms with Gasteiger partial charge < -0.3 is 15.3 Å². The molecule has 1 aromatic heterocycles. The van der Waals surface area contributed by atoms with Crippen LogP contribution < -0.4 is 5.73 Å². The number of carboxylic acids is 1. The summed E-state index contributed by atoms with van der Waals surface area (Å²) in [7, 11) is 0. The molecule has 0 saturated heterocycles. The Balaban J connectivity index is 2.31. The SMILES string of the molecule is NC(CSCc1ccc(C=O)o1)C(=O)O. The van der Waals surface area contributed by atoms with Crippen LogP contribution in [0, 0.1) is 0 Å². The fraction of sp³-hybridized carbons (Fsp3) is 0.333. The second-order valence-corrected chi connectivity index (χ2v) is 3.91. The molecule has 15 heavy (non-hydrogen) atoms. The molecule has 0 aromatic carbocycles. The van der Waals surface area contributed by atoms with Crippen LogP contribution in [0.25, 0.3) is 0 Å². The predicted octanol–water partition coefficient (Wildman–Crippen LogP) is 0.737. The molecule has 0 aliphatic carbocycles. The maximum Gasteiger partial charge on any atom is 0.321 e. The summed E-state index contributed by atoms with van der Waals surface area (Å²) in [5.74, 6) is 0.713. The van der Waals surface area contributed by atoms with Crippen molar-refractivity contribution in [1.82, 2.24) is 0 Å². The minimum Gasteiger partial charge on any atom is -0.480 e. The molecule has 1 rings (SSSR count). The lowest BCUT2D eigenvalue weighted by atomic mass is 10.4. The molecular formula is C9H11NO4S. The first-order chi connectivity index (χ1) is 7.13. The Kier molecular flexibility index (Phi) is 4.38. The van der Waals surface area contributed by atoms with E-state index in [9.17, 15) is 9.59 Å². The van der Waals surface area contributed by atoms with E-state index in [2.05, 4.69) is 0 Å². The second kappa shape index (κ2) is 5.57. The highest BCUT2D eigenvalue weighted by Gasteiger charge is 2.11. The normalized spacial score (nSPS) is 12.3. The lowest BCUT2D eigenvalue weighted by Crippen LogP contribution is -2.32. The van der Waals surface area contributed by atoms with Crippen molar-refractivity contribution in [3.05, 3.63) is 23.7 Å². The molecule has 0 bridgehead atoms. The topological polar surface area (TPSA) is 93.5 Å². The molecule has 0 aliphatic rings. The Morgan fingerprint density at radius 1 is 1.67 bits per heavy atom. The summed E-state index contributed by atoms with van der Waals surface area (Å²) in [5, 5.41) is 8.51. The quantitative estimate of drug-likeness (QED) is 0.699. The zero-order chi connectivity index (χ0) is 11.3. The van der Waals surface area contributed by atoms with Crippen molar-refractivity contribution in [2.24, 2.45) is 5.73 Å². The van der Waals surface area contributed by atoms with Crippen molar-refractivity contribution in [3.8, 4) is 0 Å². The molecule has 1 unspecified atom stereocenters. The van der Waals surface area contributed by atoms with Crippen molar-refractivity contribution in [2.45, 2.75) is 11.8 Å². The van der Waals surface area contributed by atoms with Crippen molar-refractivity contribution >= 4 is 24.0 Å². The Morgan fingerprint density at radius 3 is 2.93 bits per heavy atom. The van der Waals surface area contributed by atoms with E-state index < -0.39 is 12.0 Å². The van der Waals surface area contributed by atoms with Gasteiger partial charge in [0, 0.05) is 5.75 Å². The number of nitrogens with two attached hydrogens (primary N) is 1. The van der Waals surface area contributed by atoms with Crippen LogP contribution in [-0.4, -0.2) is 29.2 Å². The van der Waals surface area contributed by atoms with E-state index in [-0.39, 0.29) is 5.76 Å². The van der Waals surface area contributed by atoms with Crippen LogP contribution in [0.5, 0.6) is 0 Å².